The van der Waals surface area contributed by atoms with Crippen molar-refractivity contribution in [3.63, 3.8) is 0 Å². The van der Waals surface area contributed by atoms with Crippen LogP contribution in [0.1, 0.15) is 24.1 Å². The molecule has 2 rings (SSSR count). The maximum absolute atomic E-state index is 13.0. The Kier molecular flexibility index (Phi) is 3.96. The minimum Gasteiger partial charge on any atom is -0.507 e. The Morgan fingerprint density at radius 3 is 2.63 bits per heavy atom. The summed E-state index contributed by atoms with van der Waals surface area (Å²) in [5, 5.41) is 13.7. The van der Waals surface area contributed by atoms with Crippen LogP contribution in [0.2, 0.25) is 5.02 Å². The van der Waals surface area contributed by atoms with Gasteiger partial charge in [-0.3, -0.25) is 0 Å². The second-order valence-corrected chi connectivity index (χ2v) is 4.96. The summed E-state index contributed by atoms with van der Waals surface area (Å²) in [4.78, 5) is 0. The fraction of sp³-hybridized carbons (Fsp3) is 0.200. The third-order valence-electron chi connectivity index (χ3n) is 3.03. The number of hydrogen-bond donors (Lipinski definition) is 2. The van der Waals surface area contributed by atoms with Crippen molar-refractivity contribution >= 4 is 17.3 Å². The average Bonchev–Trinajstić information content (AvgIpc) is 2.33. The smallest absolute Gasteiger partial charge is 0.126 e. The summed E-state index contributed by atoms with van der Waals surface area (Å²) in [6.45, 7) is 3.86. The number of aromatic hydroxyl groups is 1. The van der Waals surface area contributed by atoms with Crippen LogP contribution in [0.5, 0.6) is 5.75 Å². The van der Waals surface area contributed by atoms with Crippen LogP contribution in [0.15, 0.2) is 36.4 Å². The molecule has 2 aromatic carbocycles. The van der Waals surface area contributed by atoms with Crippen molar-refractivity contribution in [3.05, 3.63) is 58.4 Å². The molecule has 0 radical (unpaired) electrons. The normalized spacial score (nSPS) is 12.2. The predicted octanol–water partition coefficient (Wildman–Crippen LogP) is 4.67. The number of phenols is 1. The minimum atomic E-state index is -0.451. The minimum absolute atomic E-state index is 0.0559. The van der Waals surface area contributed by atoms with Crippen LogP contribution in [0.25, 0.3) is 0 Å². The van der Waals surface area contributed by atoms with E-state index in [1.54, 1.807) is 6.07 Å². The van der Waals surface area contributed by atoms with Gasteiger partial charge in [-0.15, -0.1) is 0 Å². The van der Waals surface area contributed by atoms with Crippen LogP contribution in [-0.2, 0) is 0 Å². The molecule has 0 aliphatic rings. The second kappa shape index (κ2) is 5.49. The highest BCUT2D eigenvalue weighted by atomic mass is 35.5. The number of phenolic OH excluding ortho intramolecular Hbond substituents is 1. The van der Waals surface area contributed by atoms with Gasteiger partial charge in [0.1, 0.15) is 11.6 Å². The van der Waals surface area contributed by atoms with Crippen molar-refractivity contribution in [1.82, 2.24) is 0 Å². The van der Waals surface area contributed by atoms with Crippen molar-refractivity contribution in [2.45, 2.75) is 19.9 Å². The summed E-state index contributed by atoms with van der Waals surface area (Å²) in [7, 11) is 0. The quantitative estimate of drug-likeness (QED) is 0.856. The van der Waals surface area contributed by atoms with Gasteiger partial charge in [0, 0.05) is 22.3 Å². The van der Waals surface area contributed by atoms with E-state index in [9.17, 15) is 9.50 Å². The van der Waals surface area contributed by atoms with Gasteiger partial charge >= 0.3 is 0 Å². The molecule has 1 unspecified atom stereocenters. The molecule has 100 valence electrons. The number of anilines is 1. The van der Waals surface area contributed by atoms with Gasteiger partial charge in [0.05, 0.1) is 6.04 Å². The van der Waals surface area contributed by atoms with E-state index < -0.39 is 5.82 Å². The number of rotatable bonds is 3. The number of benzene rings is 2. The van der Waals surface area contributed by atoms with Crippen molar-refractivity contribution in [3.8, 4) is 5.75 Å². The molecule has 2 N–H and O–H groups in total. The molecule has 0 aromatic heterocycles. The lowest BCUT2D eigenvalue weighted by Gasteiger charge is -2.18. The molecular formula is C15H15ClFNO. The maximum Gasteiger partial charge on any atom is 0.126 e. The highest BCUT2D eigenvalue weighted by molar-refractivity contribution is 6.30. The first kappa shape index (κ1) is 13.7. The Morgan fingerprint density at radius 2 is 1.95 bits per heavy atom. The van der Waals surface area contributed by atoms with Crippen LogP contribution in [0, 0.1) is 12.7 Å². The zero-order chi connectivity index (χ0) is 14.0. The summed E-state index contributed by atoms with van der Waals surface area (Å²) in [5.74, 6) is -0.507. The first-order chi connectivity index (χ1) is 8.97. The third-order valence-corrected chi connectivity index (χ3v) is 3.27. The molecule has 0 fully saturated rings. The van der Waals surface area contributed by atoms with Crippen LogP contribution >= 0.6 is 11.6 Å². The summed E-state index contributed by atoms with van der Waals surface area (Å²) >= 11 is 5.96. The summed E-state index contributed by atoms with van der Waals surface area (Å²) in [6, 6.07) is 9.43. The van der Waals surface area contributed by atoms with Gasteiger partial charge < -0.3 is 10.4 Å². The largest absolute Gasteiger partial charge is 0.507 e. The molecular weight excluding hydrogens is 265 g/mol. The van der Waals surface area contributed by atoms with Gasteiger partial charge in [-0.2, -0.15) is 0 Å². The van der Waals surface area contributed by atoms with Crippen LogP contribution in [0.3, 0.4) is 0 Å². The van der Waals surface area contributed by atoms with Crippen LogP contribution in [0.4, 0.5) is 10.1 Å². The van der Waals surface area contributed by atoms with Gasteiger partial charge in [-0.1, -0.05) is 23.7 Å². The standard InChI is InChI=1S/C15H15ClFNO/c1-9-3-4-11(16)7-14(9)18-10(2)13-6-5-12(17)8-15(13)19/h3-8,10,18-19H,1-2H3. The monoisotopic (exact) mass is 279 g/mol. The molecule has 4 heteroatoms. The fourth-order valence-corrected chi connectivity index (χ4v) is 2.12. The van der Waals surface area contributed by atoms with E-state index in [1.807, 2.05) is 32.0 Å². The lowest BCUT2D eigenvalue weighted by molar-refractivity contribution is 0.459. The highest BCUT2D eigenvalue weighted by Gasteiger charge is 2.12. The molecule has 0 aliphatic carbocycles. The van der Waals surface area contributed by atoms with Gasteiger partial charge in [-0.05, 0) is 37.6 Å². The molecule has 1 atom stereocenters. The number of nitrogens with one attached hydrogen (secondary N) is 1. The molecule has 0 amide bonds. The van der Waals surface area contributed by atoms with E-state index in [2.05, 4.69) is 5.32 Å². The predicted molar refractivity (Wildman–Crippen MR) is 76.3 cm³/mol. The van der Waals surface area contributed by atoms with Crippen LogP contribution < -0.4 is 5.32 Å². The zero-order valence-corrected chi connectivity index (χ0v) is 11.5. The van der Waals surface area contributed by atoms with Crippen molar-refractivity contribution in [1.29, 1.82) is 0 Å². The Balaban J connectivity index is 2.25. The van der Waals surface area contributed by atoms with E-state index in [0.717, 1.165) is 17.3 Å². The van der Waals surface area contributed by atoms with E-state index in [1.165, 1.54) is 6.07 Å². The van der Waals surface area contributed by atoms with E-state index in [4.69, 9.17) is 11.6 Å². The Labute approximate surface area is 116 Å². The molecule has 19 heavy (non-hydrogen) atoms. The summed E-state index contributed by atoms with van der Waals surface area (Å²) in [6.07, 6.45) is 0. The molecule has 0 saturated carbocycles. The lowest BCUT2D eigenvalue weighted by Crippen LogP contribution is -2.08. The lowest BCUT2D eigenvalue weighted by atomic mass is 10.1. The van der Waals surface area contributed by atoms with Gasteiger partial charge in [0.25, 0.3) is 0 Å². The van der Waals surface area contributed by atoms with Gasteiger partial charge in [-0.25, -0.2) is 4.39 Å². The molecule has 0 aliphatic heterocycles. The number of aryl methyl sites for hydroxylation is 1. The first-order valence-corrected chi connectivity index (χ1v) is 6.36. The Morgan fingerprint density at radius 1 is 1.21 bits per heavy atom. The topological polar surface area (TPSA) is 32.3 Å². The third kappa shape index (κ3) is 3.18. The molecule has 2 aromatic rings. The maximum atomic E-state index is 13.0. The fourth-order valence-electron chi connectivity index (χ4n) is 1.94. The van der Waals surface area contributed by atoms with Crippen LogP contribution in [-0.4, -0.2) is 5.11 Å². The molecule has 0 heterocycles. The molecule has 2 nitrogen and oxygen atoms in total. The molecule has 0 saturated heterocycles. The number of halogens is 2. The van der Waals surface area contributed by atoms with E-state index in [-0.39, 0.29) is 11.8 Å². The van der Waals surface area contributed by atoms with E-state index >= 15 is 0 Å². The Bertz CT molecular complexity index is 601. The van der Waals surface area contributed by atoms with E-state index in [0.29, 0.717) is 10.6 Å². The van der Waals surface area contributed by atoms with Crippen molar-refractivity contribution in [2.24, 2.45) is 0 Å². The second-order valence-electron chi connectivity index (χ2n) is 4.53. The zero-order valence-electron chi connectivity index (χ0n) is 10.7. The average molecular weight is 280 g/mol. The van der Waals surface area contributed by atoms with Crippen molar-refractivity contribution in [2.75, 3.05) is 5.32 Å². The SMILES string of the molecule is Cc1ccc(Cl)cc1NC(C)c1ccc(F)cc1O. The Hall–Kier alpha value is -1.74. The summed E-state index contributed by atoms with van der Waals surface area (Å²) in [5.41, 5.74) is 2.59. The molecule has 0 bridgehead atoms. The van der Waals surface area contributed by atoms with Gasteiger partial charge in [0.15, 0.2) is 0 Å². The highest BCUT2D eigenvalue weighted by Crippen LogP contribution is 2.29. The molecule has 0 spiro atoms. The van der Waals surface area contributed by atoms with Gasteiger partial charge in [0.2, 0.25) is 0 Å². The van der Waals surface area contributed by atoms with Crippen molar-refractivity contribution < 1.29 is 9.50 Å². The number of hydrogen-bond acceptors (Lipinski definition) is 2. The first-order valence-electron chi connectivity index (χ1n) is 5.98. The summed E-state index contributed by atoms with van der Waals surface area (Å²) < 4.78 is 13.0.